The summed E-state index contributed by atoms with van der Waals surface area (Å²) in [6, 6.07) is 0. The summed E-state index contributed by atoms with van der Waals surface area (Å²) in [6.45, 7) is 5.93. The van der Waals surface area contributed by atoms with Crippen LogP contribution in [0.25, 0.3) is 0 Å². The molecule has 0 aliphatic carbocycles. The quantitative estimate of drug-likeness (QED) is 0.518. The SMILES string of the molecule is CCC(CC)(CC)C(C(=O)OC)C(=O)OC. The van der Waals surface area contributed by atoms with E-state index >= 15 is 0 Å². The van der Waals surface area contributed by atoms with Gasteiger partial charge in [0.1, 0.15) is 0 Å². The minimum atomic E-state index is -0.817. The summed E-state index contributed by atoms with van der Waals surface area (Å²) in [4.78, 5) is 23.4. The van der Waals surface area contributed by atoms with Gasteiger partial charge in [0.25, 0.3) is 0 Å². The number of carbonyl (C=O) groups excluding carboxylic acids is 2. The summed E-state index contributed by atoms with van der Waals surface area (Å²) in [7, 11) is 2.59. The Bertz CT molecular complexity index is 219. The van der Waals surface area contributed by atoms with Crippen LogP contribution in [0.1, 0.15) is 40.0 Å². The summed E-state index contributed by atoms with van der Waals surface area (Å²) < 4.78 is 9.41. The lowest BCUT2D eigenvalue weighted by Gasteiger charge is -2.35. The Balaban J connectivity index is 5.27. The molecule has 4 nitrogen and oxygen atoms in total. The molecule has 0 heterocycles. The van der Waals surface area contributed by atoms with Gasteiger partial charge in [0.2, 0.25) is 0 Å². The molecular formula is C12H22O4. The van der Waals surface area contributed by atoms with Gasteiger partial charge in [-0.3, -0.25) is 9.59 Å². The Morgan fingerprint density at radius 1 is 0.938 bits per heavy atom. The lowest BCUT2D eigenvalue weighted by Crippen LogP contribution is -2.41. The predicted octanol–water partition coefficient (Wildman–Crippen LogP) is 2.17. The van der Waals surface area contributed by atoms with Crippen LogP contribution in [-0.2, 0) is 19.1 Å². The minimum absolute atomic E-state index is 0.361. The maximum absolute atomic E-state index is 11.7. The molecule has 4 heteroatoms. The molecule has 94 valence electrons. The van der Waals surface area contributed by atoms with Gasteiger partial charge in [-0.2, -0.15) is 0 Å². The first-order valence-electron chi connectivity index (χ1n) is 5.68. The van der Waals surface area contributed by atoms with E-state index in [9.17, 15) is 9.59 Å². The highest BCUT2D eigenvalue weighted by Crippen LogP contribution is 2.40. The highest BCUT2D eigenvalue weighted by atomic mass is 16.5. The van der Waals surface area contributed by atoms with Crippen molar-refractivity contribution in [3.8, 4) is 0 Å². The Kier molecular flexibility index (Phi) is 6.08. The second kappa shape index (κ2) is 6.51. The van der Waals surface area contributed by atoms with Gasteiger partial charge < -0.3 is 9.47 Å². The Morgan fingerprint density at radius 3 is 1.44 bits per heavy atom. The summed E-state index contributed by atoms with van der Waals surface area (Å²) in [5.41, 5.74) is -0.361. The van der Waals surface area contributed by atoms with E-state index in [1.165, 1.54) is 14.2 Å². The van der Waals surface area contributed by atoms with Crippen LogP contribution in [0.4, 0.5) is 0 Å². The van der Waals surface area contributed by atoms with Crippen LogP contribution in [0, 0.1) is 11.3 Å². The van der Waals surface area contributed by atoms with Gasteiger partial charge in [-0.15, -0.1) is 0 Å². The molecule has 0 aliphatic rings. The molecule has 0 amide bonds. The zero-order valence-electron chi connectivity index (χ0n) is 10.8. The molecule has 0 unspecified atom stereocenters. The lowest BCUT2D eigenvalue weighted by molar-refractivity contribution is -0.166. The van der Waals surface area contributed by atoms with Crippen molar-refractivity contribution in [1.29, 1.82) is 0 Å². The zero-order valence-corrected chi connectivity index (χ0v) is 10.8. The van der Waals surface area contributed by atoms with Gasteiger partial charge in [-0.25, -0.2) is 0 Å². The number of ether oxygens (including phenoxy) is 2. The van der Waals surface area contributed by atoms with Crippen molar-refractivity contribution in [1.82, 2.24) is 0 Å². The fourth-order valence-electron chi connectivity index (χ4n) is 2.19. The van der Waals surface area contributed by atoms with E-state index in [0.29, 0.717) is 0 Å². The van der Waals surface area contributed by atoms with E-state index in [2.05, 4.69) is 0 Å². The third kappa shape index (κ3) is 2.74. The smallest absolute Gasteiger partial charge is 0.320 e. The molecule has 0 spiro atoms. The third-order valence-electron chi connectivity index (χ3n) is 3.60. The number of rotatable bonds is 6. The molecular weight excluding hydrogens is 208 g/mol. The molecule has 0 aromatic heterocycles. The molecule has 0 fully saturated rings. The van der Waals surface area contributed by atoms with E-state index < -0.39 is 17.9 Å². The predicted molar refractivity (Wildman–Crippen MR) is 60.8 cm³/mol. The first-order chi connectivity index (χ1) is 7.52. The summed E-state index contributed by atoms with van der Waals surface area (Å²) >= 11 is 0. The van der Waals surface area contributed by atoms with E-state index in [0.717, 1.165) is 19.3 Å². The van der Waals surface area contributed by atoms with Crippen molar-refractivity contribution in [2.75, 3.05) is 14.2 Å². The number of carbonyl (C=O) groups is 2. The molecule has 0 saturated carbocycles. The van der Waals surface area contributed by atoms with Crippen LogP contribution in [-0.4, -0.2) is 26.2 Å². The van der Waals surface area contributed by atoms with Gasteiger partial charge in [0.15, 0.2) is 5.92 Å². The van der Waals surface area contributed by atoms with Gasteiger partial charge in [0.05, 0.1) is 14.2 Å². The lowest BCUT2D eigenvalue weighted by atomic mass is 9.69. The van der Waals surface area contributed by atoms with E-state index in [1.54, 1.807) is 0 Å². The normalized spacial score (nSPS) is 11.4. The van der Waals surface area contributed by atoms with Crippen molar-refractivity contribution < 1.29 is 19.1 Å². The van der Waals surface area contributed by atoms with Crippen molar-refractivity contribution in [2.24, 2.45) is 11.3 Å². The largest absolute Gasteiger partial charge is 0.468 e. The molecule has 0 radical (unpaired) electrons. The van der Waals surface area contributed by atoms with Crippen LogP contribution >= 0.6 is 0 Å². The fraction of sp³-hybridized carbons (Fsp3) is 0.833. The molecule has 0 rings (SSSR count). The first-order valence-corrected chi connectivity index (χ1v) is 5.68. The molecule has 16 heavy (non-hydrogen) atoms. The average molecular weight is 230 g/mol. The zero-order chi connectivity index (χ0) is 12.8. The Morgan fingerprint density at radius 2 is 1.25 bits per heavy atom. The number of esters is 2. The number of hydrogen-bond donors (Lipinski definition) is 0. The van der Waals surface area contributed by atoms with Crippen molar-refractivity contribution in [2.45, 2.75) is 40.0 Å². The third-order valence-corrected chi connectivity index (χ3v) is 3.60. The molecule has 0 aromatic carbocycles. The molecule has 0 bridgehead atoms. The Labute approximate surface area is 97.3 Å². The van der Waals surface area contributed by atoms with E-state index in [-0.39, 0.29) is 5.41 Å². The van der Waals surface area contributed by atoms with Gasteiger partial charge in [-0.1, -0.05) is 20.8 Å². The monoisotopic (exact) mass is 230 g/mol. The summed E-state index contributed by atoms with van der Waals surface area (Å²) in [6.07, 6.45) is 2.23. The molecule has 0 aromatic rings. The summed E-state index contributed by atoms with van der Waals surface area (Å²) in [5, 5.41) is 0. The Hall–Kier alpha value is -1.06. The standard InChI is InChI=1S/C12H22O4/c1-6-12(7-2,8-3)9(10(13)15-4)11(14)16-5/h9H,6-8H2,1-5H3. The van der Waals surface area contributed by atoms with Crippen molar-refractivity contribution in [3.63, 3.8) is 0 Å². The minimum Gasteiger partial charge on any atom is -0.468 e. The topological polar surface area (TPSA) is 52.6 Å². The van der Waals surface area contributed by atoms with Crippen LogP contribution in [0.2, 0.25) is 0 Å². The maximum Gasteiger partial charge on any atom is 0.320 e. The second-order valence-electron chi connectivity index (χ2n) is 3.90. The van der Waals surface area contributed by atoms with Crippen molar-refractivity contribution >= 4 is 11.9 Å². The molecule has 0 aliphatic heterocycles. The fourth-order valence-corrected chi connectivity index (χ4v) is 2.19. The highest BCUT2D eigenvalue weighted by molar-refractivity contribution is 5.95. The molecule has 0 saturated heterocycles. The first kappa shape index (κ1) is 14.9. The van der Waals surface area contributed by atoms with Gasteiger partial charge in [0, 0.05) is 0 Å². The average Bonchev–Trinajstić information content (AvgIpc) is 2.34. The van der Waals surface area contributed by atoms with Crippen LogP contribution in [0.3, 0.4) is 0 Å². The van der Waals surface area contributed by atoms with Crippen LogP contribution in [0.15, 0.2) is 0 Å². The van der Waals surface area contributed by atoms with E-state index in [4.69, 9.17) is 9.47 Å². The van der Waals surface area contributed by atoms with Crippen molar-refractivity contribution in [3.05, 3.63) is 0 Å². The van der Waals surface area contributed by atoms with Crippen LogP contribution in [0.5, 0.6) is 0 Å². The molecule has 0 atom stereocenters. The summed E-state index contributed by atoms with van der Waals surface area (Å²) in [5.74, 6) is -1.82. The molecule has 0 N–H and O–H groups in total. The van der Waals surface area contributed by atoms with E-state index in [1.807, 2.05) is 20.8 Å². The maximum atomic E-state index is 11.7. The number of methoxy groups -OCH3 is 2. The van der Waals surface area contributed by atoms with Gasteiger partial charge >= 0.3 is 11.9 Å². The van der Waals surface area contributed by atoms with Crippen LogP contribution < -0.4 is 0 Å². The number of hydrogen-bond acceptors (Lipinski definition) is 4. The second-order valence-corrected chi connectivity index (χ2v) is 3.90. The van der Waals surface area contributed by atoms with Gasteiger partial charge in [-0.05, 0) is 24.7 Å². The highest BCUT2D eigenvalue weighted by Gasteiger charge is 2.45.